The van der Waals surface area contributed by atoms with Crippen molar-refractivity contribution in [1.29, 1.82) is 0 Å². The Kier molecular flexibility index (Phi) is 5.21. The van der Waals surface area contributed by atoms with E-state index in [-0.39, 0.29) is 11.1 Å². The number of thiocarbonyl (C=S) groups is 2. The summed E-state index contributed by atoms with van der Waals surface area (Å²) in [6.45, 7) is 12.4. The summed E-state index contributed by atoms with van der Waals surface area (Å²) < 4.78 is 0. The van der Waals surface area contributed by atoms with Gasteiger partial charge in [-0.2, -0.15) is 0 Å². The Hall–Kier alpha value is -1.07. The molecule has 0 saturated carbocycles. The molecular formula is C15H23N3S2. The highest BCUT2D eigenvalue weighted by Crippen LogP contribution is 2.07. The van der Waals surface area contributed by atoms with Gasteiger partial charge < -0.3 is 10.6 Å². The monoisotopic (exact) mass is 309 g/mol. The molecule has 0 aliphatic heterocycles. The van der Waals surface area contributed by atoms with Crippen LogP contribution < -0.4 is 10.6 Å². The molecule has 0 saturated heterocycles. The zero-order valence-corrected chi connectivity index (χ0v) is 14.6. The first-order valence-electron chi connectivity index (χ1n) is 6.60. The maximum absolute atomic E-state index is 5.39. The number of pyridine rings is 1. The molecule has 0 aromatic carbocycles. The van der Waals surface area contributed by atoms with E-state index in [1.54, 1.807) is 0 Å². The molecule has 0 unspecified atom stereocenters. The number of hydrogen-bond donors (Lipinski definition) is 2. The molecule has 0 atom stereocenters. The molecule has 0 bridgehead atoms. The van der Waals surface area contributed by atoms with Crippen LogP contribution in [0.4, 0.5) is 0 Å². The van der Waals surface area contributed by atoms with E-state index < -0.39 is 0 Å². The van der Waals surface area contributed by atoms with Crippen LogP contribution in [0.1, 0.15) is 52.9 Å². The molecule has 1 heterocycles. The third-order valence-electron chi connectivity index (χ3n) is 2.19. The summed E-state index contributed by atoms with van der Waals surface area (Å²) in [5.41, 5.74) is 1.31. The van der Waals surface area contributed by atoms with Gasteiger partial charge in [-0.25, -0.2) is 4.98 Å². The number of nitrogens with one attached hydrogen (secondary N) is 2. The van der Waals surface area contributed by atoms with Crippen molar-refractivity contribution >= 4 is 34.4 Å². The Balaban J connectivity index is 2.91. The summed E-state index contributed by atoms with van der Waals surface area (Å²) in [4.78, 5) is 5.81. The number of rotatable bonds is 2. The molecule has 2 N–H and O–H groups in total. The van der Waals surface area contributed by atoms with Crippen molar-refractivity contribution in [3.8, 4) is 0 Å². The van der Waals surface area contributed by atoms with Gasteiger partial charge in [0, 0.05) is 11.1 Å². The first-order chi connectivity index (χ1) is 8.98. The van der Waals surface area contributed by atoms with Crippen LogP contribution >= 0.6 is 24.4 Å². The van der Waals surface area contributed by atoms with E-state index in [1.807, 2.05) is 18.2 Å². The minimum atomic E-state index is -0.0844. The van der Waals surface area contributed by atoms with Crippen molar-refractivity contribution in [3.05, 3.63) is 29.6 Å². The van der Waals surface area contributed by atoms with Gasteiger partial charge in [0.1, 0.15) is 9.98 Å². The van der Waals surface area contributed by atoms with Crippen molar-refractivity contribution in [2.45, 2.75) is 52.6 Å². The Morgan fingerprint density at radius 2 is 1.20 bits per heavy atom. The number of aromatic nitrogens is 1. The molecular weight excluding hydrogens is 286 g/mol. The smallest absolute Gasteiger partial charge is 0.125 e. The highest BCUT2D eigenvalue weighted by atomic mass is 32.1. The first-order valence-corrected chi connectivity index (χ1v) is 7.42. The lowest BCUT2D eigenvalue weighted by Crippen LogP contribution is -2.41. The lowest BCUT2D eigenvalue weighted by atomic mass is 10.1. The Bertz CT molecular complexity index is 467. The lowest BCUT2D eigenvalue weighted by Gasteiger charge is -2.23. The summed E-state index contributed by atoms with van der Waals surface area (Å²) in [6.07, 6.45) is 0. The molecule has 1 rings (SSSR count). The van der Waals surface area contributed by atoms with Gasteiger partial charge in [-0.05, 0) is 53.7 Å². The molecule has 1 aromatic heterocycles. The predicted molar refractivity (Wildman–Crippen MR) is 93.4 cm³/mol. The highest BCUT2D eigenvalue weighted by Gasteiger charge is 2.16. The van der Waals surface area contributed by atoms with Crippen LogP contribution in [0.15, 0.2) is 18.2 Å². The van der Waals surface area contributed by atoms with Crippen molar-refractivity contribution in [2.75, 3.05) is 0 Å². The van der Waals surface area contributed by atoms with E-state index in [0.717, 1.165) is 11.4 Å². The average Bonchev–Trinajstić information content (AvgIpc) is 2.24. The quantitative estimate of drug-likeness (QED) is 0.821. The Morgan fingerprint density at radius 1 is 0.850 bits per heavy atom. The van der Waals surface area contributed by atoms with Crippen molar-refractivity contribution < 1.29 is 0 Å². The Labute approximate surface area is 132 Å². The summed E-state index contributed by atoms with van der Waals surface area (Å²) in [5, 5.41) is 6.51. The second-order valence-electron chi connectivity index (χ2n) is 6.82. The van der Waals surface area contributed by atoms with E-state index in [4.69, 9.17) is 24.4 Å². The van der Waals surface area contributed by atoms with Crippen molar-refractivity contribution in [2.24, 2.45) is 0 Å². The van der Waals surface area contributed by atoms with Crippen molar-refractivity contribution in [1.82, 2.24) is 15.6 Å². The van der Waals surface area contributed by atoms with Crippen LogP contribution in [0.3, 0.4) is 0 Å². The summed E-state index contributed by atoms with van der Waals surface area (Å²) >= 11 is 10.8. The second kappa shape index (κ2) is 6.14. The van der Waals surface area contributed by atoms with E-state index in [0.29, 0.717) is 9.98 Å². The zero-order valence-electron chi connectivity index (χ0n) is 13.0. The molecule has 0 aliphatic rings. The molecule has 1 aromatic rings. The molecule has 3 nitrogen and oxygen atoms in total. The minimum Gasteiger partial charge on any atom is -0.370 e. The van der Waals surface area contributed by atoms with Gasteiger partial charge in [0.2, 0.25) is 0 Å². The van der Waals surface area contributed by atoms with Gasteiger partial charge in [0.05, 0.1) is 11.4 Å². The molecule has 110 valence electrons. The SMILES string of the molecule is CC(C)(C)NC(=S)c1cccc(C(=S)NC(C)(C)C)n1. The average molecular weight is 310 g/mol. The van der Waals surface area contributed by atoms with Crippen LogP contribution in [-0.2, 0) is 0 Å². The molecule has 0 amide bonds. The fraction of sp³-hybridized carbons (Fsp3) is 0.533. The zero-order chi connectivity index (χ0) is 15.6. The maximum atomic E-state index is 5.39. The normalized spacial score (nSPS) is 11.9. The molecule has 0 radical (unpaired) electrons. The van der Waals surface area contributed by atoms with Gasteiger partial charge in [-0.3, -0.25) is 0 Å². The fourth-order valence-electron chi connectivity index (χ4n) is 1.50. The van der Waals surface area contributed by atoms with Gasteiger partial charge in [-0.1, -0.05) is 30.5 Å². The van der Waals surface area contributed by atoms with Crippen molar-refractivity contribution in [3.63, 3.8) is 0 Å². The van der Waals surface area contributed by atoms with Crippen LogP contribution in [0.2, 0.25) is 0 Å². The van der Waals surface area contributed by atoms with E-state index >= 15 is 0 Å². The number of hydrogen-bond acceptors (Lipinski definition) is 3. The Morgan fingerprint density at radius 3 is 1.50 bits per heavy atom. The standard InChI is InChI=1S/C15H23N3S2/c1-14(2,3)17-12(19)10-8-7-9-11(16-10)13(20)18-15(4,5)6/h7-9H,1-6H3,(H,17,19)(H,18,20). The third-order valence-corrected chi connectivity index (χ3v) is 2.81. The maximum Gasteiger partial charge on any atom is 0.125 e. The van der Waals surface area contributed by atoms with Crippen LogP contribution in [0, 0.1) is 0 Å². The largest absolute Gasteiger partial charge is 0.370 e. The molecule has 0 spiro atoms. The van der Waals surface area contributed by atoms with Gasteiger partial charge in [0.25, 0.3) is 0 Å². The highest BCUT2D eigenvalue weighted by molar-refractivity contribution is 7.81. The van der Waals surface area contributed by atoms with E-state index in [1.165, 1.54) is 0 Å². The van der Waals surface area contributed by atoms with Gasteiger partial charge in [0.15, 0.2) is 0 Å². The van der Waals surface area contributed by atoms with Gasteiger partial charge >= 0.3 is 0 Å². The topological polar surface area (TPSA) is 37.0 Å². The summed E-state index contributed by atoms with van der Waals surface area (Å²) in [6, 6.07) is 5.71. The van der Waals surface area contributed by atoms with E-state index in [9.17, 15) is 0 Å². The first kappa shape index (κ1) is 17.0. The van der Waals surface area contributed by atoms with Crippen LogP contribution in [-0.4, -0.2) is 26.0 Å². The molecule has 0 fully saturated rings. The van der Waals surface area contributed by atoms with Gasteiger partial charge in [-0.15, -0.1) is 0 Å². The predicted octanol–water partition coefficient (Wildman–Crippen LogP) is 3.21. The van der Waals surface area contributed by atoms with Crippen LogP contribution in [0.5, 0.6) is 0 Å². The third kappa shape index (κ3) is 5.92. The summed E-state index contributed by atoms with van der Waals surface area (Å²) in [7, 11) is 0. The lowest BCUT2D eigenvalue weighted by molar-refractivity contribution is 0.514. The van der Waals surface area contributed by atoms with E-state index in [2.05, 4.69) is 57.2 Å². The fourth-order valence-corrected chi connectivity index (χ4v) is 2.34. The second-order valence-corrected chi connectivity index (χ2v) is 7.63. The summed E-state index contributed by atoms with van der Waals surface area (Å²) in [5.74, 6) is 0. The number of nitrogens with zero attached hydrogens (tertiary/aromatic N) is 1. The molecule has 0 aliphatic carbocycles. The molecule has 20 heavy (non-hydrogen) atoms. The molecule has 5 heteroatoms. The minimum absolute atomic E-state index is 0.0844. The van der Waals surface area contributed by atoms with Crippen LogP contribution in [0.25, 0.3) is 0 Å².